The molecule has 124 valence electrons. The summed E-state index contributed by atoms with van der Waals surface area (Å²) in [7, 11) is 1.65. The molecule has 0 aliphatic carbocycles. The predicted octanol–water partition coefficient (Wildman–Crippen LogP) is 3.61. The monoisotopic (exact) mass is 317 g/mol. The van der Waals surface area contributed by atoms with Crippen molar-refractivity contribution in [3.8, 4) is 5.75 Å². The first-order valence-corrected chi connectivity index (χ1v) is 7.88. The van der Waals surface area contributed by atoms with E-state index in [2.05, 4.69) is 4.90 Å². The molecule has 0 aliphatic heterocycles. The van der Waals surface area contributed by atoms with Crippen LogP contribution in [0.1, 0.15) is 24.5 Å². The highest BCUT2D eigenvalue weighted by molar-refractivity contribution is 5.27. The summed E-state index contributed by atoms with van der Waals surface area (Å²) in [4.78, 5) is 2.17. The highest BCUT2D eigenvalue weighted by Gasteiger charge is 2.12. The Morgan fingerprint density at radius 1 is 1.00 bits per heavy atom. The zero-order chi connectivity index (χ0) is 16.7. The van der Waals surface area contributed by atoms with Gasteiger partial charge in [-0.15, -0.1) is 0 Å². The summed E-state index contributed by atoms with van der Waals surface area (Å²) in [6, 6.07) is 14.4. The van der Waals surface area contributed by atoms with Gasteiger partial charge in [0.2, 0.25) is 0 Å². The second-order valence-corrected chi connectivity index (χ2v) is 5.71. The highest BCUT2D eigenvalue weighted by atomic mass is 19.1. The van der Waals surface area contributed by atoms with Crippen LogP contribution in [0.3, 0.4) is 0 Å². The Morgan fingerprint density at radius 3 is 2.00 bits per heavy atom. The molecule has 0 aliphatic rings. The zero-order valence-corrected chi connectivity index (χ0v) is 13.7. The summed E-state index contributed by atoms with van der Waals surface area (Å²) in [5.74, 6) is 0.594. The van der Waals surface area contributed by atoms with Gasteiger partial charge in [-0.1, -0.05) is 31.2 Å². The van der Waals surface area contributed by atoms with Crippen molar-refractivity contribution < 1.29 is 14.2 Å². The van der Waals surface area contributed by atoms with Crippen LogP contribution >= 0.6 is 0 Å². The molecule has 4 heteroatoms. The van der Waals surface area contributed by atoms with Crippen molar-refractivity contribution in [3.05, 3.63) is 65.5 Å². The van der Waals surface area contributed by atoms with E-state index in [1.165, 1.54) is 12.1 Å². The van der Waals surface area contributed by atoms with Gasteiger partial charge in [0.15, 0.2) is 0 Å². The molecule has 0 aromatic heterocycles. The zero-order valence-electron chi connectivity index (χ0n) is 13.7. The molecule has 1 N–H and O–H groups in total. The lowest BCUT2D eigenvalue weighted by molar-refractivity contribution is 0.101. The maximum absolute atomic E-state index is 13.0. The molecule has 0 fully saturated rings. The van der Waals surface area contributed by atoms with Gasteiger partial charge in [0.25, 0.3) is 0 Å². The Labute approximate surface area is 137 Å². The van der Waals surface area contributed by atoms with Gasteiger partial charge in [0, 0.05) is 19.6 Å². The standard InChI is InChI=1S/C19H24FNO2/c1-3-18(22)14-21(12-15-4-8-17(20)9-5-15)13-16-6-10-19(23-2)11-7-16/h4-11,18,22H,3,12-14H2,1-2H3/t18-/m1/s1. The second-order valence-electron chi connectivity index (χ2n) is 5.71. The molecular weight excluding hydrogens is 293 g/mol. The molecule has 2 aromatic carbocycles. The average molecular weight is 317 g/mol. The Balaban J connectivity index is 2.07. The van der Waals surface area contributed by atoms with Gasteiger partial charge in [-0.3, -0.25) is 4.90 Å². The molecule has 0 saturated heterocycles. The fraction of sp³-hybridized carbons (Fsp3) is 0.368. The molecular formula is C19H24FNO2. The first-order valence-electron chi connectivity index (χ1n) is 7.88. The molecule has 2 aromatic rings. The minimum atomic E-state index is -0.367. The van der Waals surface area contributed by atoms with Gasteiger partial charge in [0.1, 0.15) is 11.6 Å². The number of rotatable bonds is 8. The molecule has 0 spiro atoms. The fourth-order valence-corrected chi connectivity index (χ4v) is 2.45. The third-order valence-corrected chi connectivity index (χ3v) is 3.82. The maximum Gasteiger partial charge on any atom is 0.123 e. The predicted molar refractivity (Wildman–Crippen MR) is 89.8 cm³/mol. The average Bonchev–Trinajstić information content (AvgIpc) is 2.57. The molecule has 0 bridgehead atoms. The molecule has 0 amide bonds. The Morgan fingerprint density at radius 2 is 1.52 bits per heavy atom. The molecule has 0 heterocycles. The van der Waals surface area contributed by atoms with Crippen molar-refractivity contribution in [1.82, 2.24) is 4.90 Å². The summed E-state index contributed by atoms with van der Waals surface area (Å²) in [5, 5.41) is 9.99. The minimum Gasteiger partial charge on any atom is -0.497 e. The Bertz CT molecular complexity index is 583. The molecule has 0 unspecified atom stereocenters. The van der Waals surface area contributed by atoms with E-state index in [1.807, 2.05) is 31.2 Å². The number of hydrogen-bond donors (Lipinski definition) is 1. The van der Waals surface area contributed by atoms with Crippen molar-refractivity contribution in [2.45, 2.75) is 32.5 Å². The molecule has 3 nitrogen and oxygen atoms in total. The largest absolute Gasteiger partial charge is 0.497 e. The van der Waals surface area contributed by atoms with Crippen molar-refractivity contribution >= 4 is 0 Å². The van der Waals surface area contributed by atoms with Crippen molar-refractivity contribution in [1.29, 1.82) is 0 Å². The normalized spacial score (nSPS) is 12.4. The third kappa shape index (κ3) is 5.66. The lowest BCUT2D eigenvalue weighted by Crippen LogP contribution is -2.31. The van der Waals surface area contributed by atoms with Crippen LogP contribution in [0.25, 0.3) is 0 Å². The number of benzene rings is 2. The van der Waals surface area contributed by atoms with E-state index in [-0.39, 0.29) is 11.9 Å². The number of ether oxygens (including phenoxy) is 1. The summed E-state index contributed by atoms with van der Waals surface area (Å²) in [6.45, 7) is 3.94. The molecule has 0 saturated carbocycles. The quantitative estimate of drug-likeness (QED) is 0.807. The van der Waals surface area contributed by atoms with Crippen molar-refractivity contribution in [3.63, 3.8) is 0 Å². The van der Waals surface area contributed by atoms with Gasteiger partial charge < -0.3 is 9.84 Å². The Kier molecular flexibility index (Phi) is 6.56. The van der Waals surface area contributed by atoms with E-state index in [4.69, 9.17) is 4.74 Å². The number of nitrogens with zero attached hydrogens (tertiary/aromatic N) is 1. The SMILES string of the molecule is CC[C@@H](O)CN(Cc1ccc(F)cc1)Cc1ccc(OC)cc1. The van der Waals surface area contributed by atoms with Crippen LogP contribution in [0.4, 0.5) is 4.39 Å². The molecule has 23 heavy (non-hydrogen) atoms. The third-order valence-electron chi connectivity index (χ3n) is 3.82. The van der Waals surface area contributed by atoms with E-state index >= 15 is 0 Å². The van der Waals surface area contributed by atoms with Crippen LogP contribution in [0, 0.1) is 5.82 Å². The fourth-order valence-electron chi connectivity index (χ4n) is 2.45. The van der Waals surface area contributed by atoms with Gasteiger partial charge in [-0.25, -0.2) is 4.39 Å². The van der Waals surface area contributed by atoms with E-state index in [0.717, 1.165) is 23.4 Å². The number of halogens is 1. The van der Waals surface area contributed by atoms with E-state index in [0.29, 0.717) is 19.5 Å². The van der Waals surface area contributed by atoms with Crippen molar-refractivity contribution in [2.24, 2.45) is 0 Å². The summed E-state index contributed by atoms with van der Waals surface area (Å²) >= 11 is 0. The summed E-state index contributed by atoms with van der Waals surface area (Å²) in [5.41, 5.74) is 2.18. The first-order chi connectivity index (χ1) is 11.1. The van der Waals surface area contributed by atoms with Gasteiger partial charge in [-0.05, 0) is 41.8 Å². The van der Waals surface area contributed by atoms with E-state index < -0.39 is 0 Å². The summed E-state index contributed by atoms with van der Waals surface area (Å²) in [6.07, 6.45) is 0.344. The number of aliphatic hydroxyl groups excluding tert-OH is 1. The van der Waals surface area contributed by atoms with Crippen LogP contribution in [-0.4, -0.2) is 29.8 Å². The number of methoxy groups -OCH3 is 1. The van der Waals surface area contributed by atoms with Crippen LogP contribution < -0.4 is 4.74 Å². The lowest BCUT2D eigenvalue weighted by Gasteiger charge is -2.25. The lowest BCUT2D eigenvalue weighted by atomic mass is 10.1. The van der Waals surface area contributed by atoms with E-state index in [1.54, 1.807) is 19.2 Å². The minimum absolute atomic E-state index is 0.232. The van der Waals surface area contributed by atoms with Crippen LogP contribution in [0.5, 0.6) is 5.75 Å². The maximum atomic E-state index is 13.0. The topological polar surface area (TPSA) is 32.7 Å². The molecule has 2 rings (SSSR count). The van der Waals surface area contributed by atoms with Gasteiger partial charge >= 0.3 is 0 Å². The number of aliphatic hydroxyl groups is 1. The highest BCUT2D eigenvalue weighted by Crippen LogP contribution is 2.15. The smallest absolute Gasteiger partial charge is 0.123 e. The van der Waals surface area contributed by atoms with Gasteiger partial charge in [0.05, 0.1) is 13.2 Å². The summed E-state index contributed by atoms with van der Waals surface area (Å²) < 4.78 is 18.2. The van der Waals surface area contributed by atoms with Crippen LogP contribution in [0.15, 0.2) is 48.5 Å². The Hall–Kier alpha value is -1.91. The van der Waals surface area contributed by atoms with Crippen molar-refractivity contribution in [2.75, 3.05) is 13.7 Å². The molecule has 0 radical (unpaired) electrons. The van der Waals surface area contributed by atoms with Crippen LogP contribution in [0.2, 0.25) is 0 Å². The van der Waals surface area contributed by atoms with Crippen LogP contribution in [-0.2, 0) is 13.1 Å². The van der Waals surface area contributed by atoms with E-state index in [9.17, 15) is 9.50 Å². The second kappa shape index (κ2) is 8.65. The number of hydrogen-bond acceptors (Lipinski definition) is 3. The first kappa shape index (κ1) is 17.4. The molecule has 1 atom stereocenters. The van der Waals surface area contributed by atoms with Gasteiger partial charge in [-0.2, -0.15) is 0 Å².